The summed E-state index contributed by atoms with van der Waals surface area (Å²) in [7, 11) is -3.24. The van der Waals surface area contributed by atoms with Crippen LogP contribution in [0.4, 0.5) is 17.1 Å². The number of rotatable bonds is 7. The van der Waals surface area contributed by atoms with Crippen LogP contribution < -0.4 is 20.8 Å². The second kappa shape index (κ2) is 12.5. The molecule has 0 aliphatic heterocycles. The van der Waals surface area contributed by atoms with Crippen LogP contribution >= 0.6 is 7.14 Å². The molecule has 0 aliphatic carbocycles. The number of aryl methyl sites for hydroxylation is 4. The maximum Gasteiger partial charge on any atom is 0.171 e. The number of fused-ring (bicyclic) bond motifs is 1. The lowest BCUT2D eigenvalue weighted by Crippen LogP contribution is -2.25. The van der Waals surface area contributed by atoms with Crippen molar-refractivity contribution in [2.75, 3.05) is 4.90 Å². The van der Waals surface area contributed by atoms with Crippen LogP contribution in [0.5, 0.6) is 0 Å². The van der Waals surface area contributed by atoms with E-state index in [0.29, 0.717) is 0 Å². The minimum Gasteiger partial charge on any atom is -0.310 e. The van der Waals surface area contributed by atoms with Crippen molar-refractivity contribution in [3.8, 4) is 11.3 Å². The Morgan fingerprint density at radius 1 is 0.468 bits per heavy atom. The first-order chi connectivity index (χ1) is 22.8. The lowest BCUT2D eigenvalue weighted by molar-refractivity contribution is 0.592. The van der Waals surface area contributed by atoms with Crippen LogP contribution in [0, 0.1) is 27.7 Å². The molecule has 1 heterocycles. The highest BCUT2D eigenvalue weighted by atomic mass is 31.2. The van der Waals surface area contributed by atoms with E-state index < -0.39 is 7.14 Å². The Labute approximate surface area is 277 Å². The zero-order valence-corrected chi connectivity index (χ0v) is 28.1. The molecule has 0 saturated carbocycles. The second-order valence-corrected chi connectivity index (χ2v) is 15.2. The molecule has 7 rings (SSSR count). The van der Waals surface area contributed by atoms with Crippen molar-refractivity contribution in [2.45, 2.75) is 27.7 Å². The van der Waals surface area contributed by atoms with Crippen molar-refractivity contribution in [3.63, 3.8) is 0 Å². The van der Waals surface area contributed by atoms with Crippen LogP contribution in [-0.2, 0) is 4.57 Å². The minimum atomic E-state index is -3.24. The molecule has 0 fully saturated rings. The molecule has 0 spiro atoms. The molecule has 1 aromatic heterocycles. The van der Waals surface area contributed by atoms with Gasteiger partial charge in [0.25, 0.3) is 0 Å². The predicted molar refractivity (Wildman–Crippen MR) is 200 cm³/mol. The molecule has 7 aromatic rings. The molecular formula is C43H37N2OP. The van der Waals surface area contributed by atoms with Gasteiger partial charge in [-0.1, -0.05) is 84.9 Å². The summed E-state index contributed by atoms with van der Waals surface area (Å²) in [6, 6.07) is 49.9. The molecule has 0 amide bonds. The van der Waals surface area contributed by atoms with Gasteiger partial charge < -0.3 is 9.46 Å². The maximum absolute atomic E-state index is 15.6. The Kier molecular flexibility index (Phi) is 8.10. The molecule has 0 saturated heterocycles. The summed E-state index contributed by atoms with van der Waals surface area (Å²) in [5, 5.41) is 4.60. The van der Waals surface area contributed by atoms with Crippen molar-refractivity contribution < 1.29 is 4.57 Å². The fourth-order valence-corrected chi connectivity index (χ4v) is 9.28. The van der Waals surface area contributed by atoms with Crippen molar-refractivity contribution in [1.82, 2.24) is 4.98 Å². The van der Waals surface area contributed by atoms with Crippen LogP contribution in [0.25, 0.3) is 22.0 Å². The molecule has 4 heteroatoms. The van der Waals surface area contributed by atoms with Gasteiger partial charge in [0.1, 0.15) is 0 Å². The zero-order chi connectivity index (χ0) is 32.5. The molecule has 0 radical (unpaired) electrons. The van der Waals surface area contributed by atoms with E-state index >= 15 is 4.57 Å². The Morgan fingerprint density at radius 2 is 1.00 bits per heavy atom. The predicted octanol–water partition coefficient (Wildman–Crippen LogP) is 10.2. The van der Waals surface area contributed by atoms with E-state index in [1.54, 1.807) is 0 Å². The van der Waals surface area contributed by atoms with Gasteiger partial charge in [-0.25, -0.2) is 0 Å². The van der Waals surface area contributed by atoms with E-state index in [0.717, 1.165) is 55.0 Å². The topological polar surface area (TPSA) is 33.2 Å². The van der Waals surface area contributed by atoms with Gasteiger partial charge in [-0.15, -0.1) is 0 Å². The van der Waals surface area contributed by atoms with Crippen molar-refractivity contribution in [1.29, 1.82) is 0 Å². The van der Waals surface area contributed by atoms with E-state index in [-0.39, 0.29) is 0 Å². The van der Waals surface area contributed by atoms with Gasteiger partial charge in [-0.05, 0) is 116 Å². The first kappa shape index (κ1) is 30.4. The molecule has 47 heavy (non-hydrogen) atoms. The summed E-state index contributed by atoms with van der Waals surface area (Å²) >= 11 is 0. The van der Waals surface area contributed by atoms with E-state index in [4.69, 9.17) is 4.98 Å². The van der Waals surface area contributed by atoms with Crippen molar-refractivity contribution in [2.24, 2.45) is 0 Å². The summed E-state index contributed by atoms with van der Waals surface area (Å²) in [5.74, 6) is 0. The molecule has 1 atom stereocenters. The third kappa shape index (κ3) is 6.03. The van der Waals surface area contributed by atoms with Gasteiger partial charge in [0, 0.05) is 50.1 Å². The van der Waals surface area contributed by atoms with Gasteiger partial charge in [0.15, 0.2) is 7.14 Å². The van der Waals surface area contributed by atoms with Crippen LogP contribution in [0.1, 0.15) is 22.3 Å². The Morgan fingerprint density at radius 3 is 1.62 bits per heavy atom. The molecule has 0 N–H and O–H groups in total. The van der Waals surface area contributed by atoms with Crippen LogP contribution in [0.3, 0.4) is 0 Å². The van der Waals surface area contributed by atoms with Crippen molar-refractivity contribution in [3.05, 3.63) is 174 Å². The monoisotopic (exact) mass is 628 g/mol. The fraction of sp³-hybridized carbons (Fsp3) is 0.0930. The fourth-order valence-electron chi connectivity index (χ4n) is 6.61. The largest absolute Gasteiger partial charge is 0.310 e. The third-order valence-electron chi connectivity index (χ3n) is 8.66. The summed E-state index contributed by atoms with van der Waals surface area (Å²) < 4.78 is 15.6. The first-order valence-electron chi connectivity index (χ1n) is 16.0. The van der Waals surface area contributed by atoms with Gasteiger partial charge in [-0.3, -0.25) is 4.98 Å². The molecular weight excluding hydrogens is 591 g/mol. The number of benzene rings is 6. The summed E-state index contributed by atoms with van der Waals surface area (Å²) in [4.78, 5) is 7.06. The Bertz CT molecular complexity index is 2180. The van der Waals surface area contributed by atoms with Crippen LogP contribution in [0.2, 0.25) is 0 Å². The summed E-state index contributed by atoms with van der Waals surface area (Å²) in [5.41, 5.74) is 9.85. The number of hydrogen-bond acceptors (Lipinski definition) is 3. The van der Waals surface area contributed by atoms with E-state index in [9.17, 15) is 0 Å². The average molecular weight is 629 g/mol. The molecule has 0 bridgehead atoms. The lowest BCUT2D eigenvalue weighted by Gasteiger charge is -2.28. The summed E-state index contributed by atoms with van der Waals surface area (Å²) in [6.45, 7) is 8.54. The molecule has 230 valence electrons. The maximum atomic E-state index is 15.6. The molecule has 1 unspecified atom stereocenters. The highest BCUT2D eigenvalue weighted by Crippen LogP contribution is 2.44. The molecule has 3 nitrogen and oxygen atoms in total. The normalized spacial score (nSPS) is 12.5. The number of nitrogens with zero attached hydrogens (tertiary/aromatic N) is 2. The SMILES string of the molecule is Cc1cc(C)cc(N(c2ccc(P(=O)(c3ccccc3)c3cccc(-c4cc5ccccc5cn4)c3)cc2)c2cc(C)cc(C)c2)c1. The highest BCUT2D eigenvalue weighted by molar-refractivity contribution is 7.85. The molecule has 6 aromatic carbocycles. The van der Waals surface area contributed by atoms with Crippen LogP contribution in [0.15, 0.2) is 152 Å². The zero-order valence-electron chi connectivity index (χ0n) is 27.2. The third-order valence-corrected chi connectivity index (χ3v) is 11.7. The van der Waals surface area contributed by atoms with E-state index in [1.165, 1.54) is 22.3 Å². The summed E-state index contributed by atoms with van der Waals surface area (Å²) in [6.07, 6.45) is 1.91. The number of hydrogen-bond donors (Lipinski definition) is 0. The number of aromatic nitrogens is 1. The average Bonchev–Trinajstić information content (AvgIpc) is 3.08. The van der Waals surface area contributed by atoms with Gasteiger partial charge in [0.2, 0.25) is 0 Å². The number of anilines is 3. The second-order valence-electron chi connectivity index (χ2n) is 12.5. The minimum absolute atomic E-state index is 0.782. The quantitative estimate of drug-likeness (QED) is 0.165. The number of pyridine rings is 1. The Balaban J connectivity index is 1.35. The van der Waals surface area contributed by atoms with E-state index in [1.807, 2.05) is 79.0 Å². The smallest absolute Gasteiger partial charge is 0.171 e. The van der Waals surface area contributed by atoms with Crippen molar-refractivity contribution >= 4 is 50.9 Å². The first-order valence-corrected chi connectivity index (χ1v) is 17.7. The highest BCUT2D eigenvalue weighted by Gasteiger charge is 2.30. The Hall–Kier alpha value is -5.24. The van der Waals surface area contributed by atoms with Gasteiger partial charge >= 0.3 is 0 Å². The van der Waals surface area contributed by atoms with Gasteiger partial charge in [0.05, 0.1) is 5.69 Å². The standard InChI is InChI=1S/C43H37N2OP/c1-30-21-31(2)24-38(23-30)45(39-25-32(3)22-33(4)26-39)37-17-19-41(20-18-37)47(46,40-14-6-5-7-15-40)42-16-10-13-35(27-42)43-28-34-11-8-9-12-36(34)29-44-43/h5-29H,1-4H3. The molecule has 0 aliphatic rings. The van der Waals surface area contributed by atoms with Crippen LogP contribution in [-0.4, -0.2) is 4.98 Å². The van der Waals surface area contributed by atoms with E-state index in [2.05, 4.69) is 105 Å². The van der Waals surface area contributed by atoms with Gasteiger partial charge in [-0.2, -0.15) is 0 Å². The lowest BCUT2D eigenvalue weighted by atomic mass is 10.1.